The summed E-state index contributed by atoms with van der Waals surface area (Å²) in [5, 5.41) is 33.2. The maximum Gasteiger partial charge on any atom is 0.344 e. The van der Waals surface area contributed by atoms with Crippen molar-refractivity contribution in [3.63, 3.8) is 0 Å². The predicted molar refractivity (Wildman–Crippen MR) is 86.5 cm³/mol. The minimum absolute atomic E-state index is 0.127. The predicted octanol–water partition coefficient (Wildman–Crippen LogP) is 1.86. The van der Waals surface area contributed by atoms with Gasteiger partial charge in [-0.3, -0.25) is 20.2 Å². The Morgan fingerprint density at radius 1 is 0.952 bits per heavy atom. The van der Waals surface area contributed by atoms with Crippen molar-refractivity contribution in [1.29, 1.82) is 0 Å². The number of rotatable bonds is 2. The molecule has 0 saturated carbocycles. The van der Waals surface area contributed by atoms with Gasteiger partial charge in [0.2, 0.25) is 19.0 Å². The van der Waals surface area contributed by atoms with Crippen molar-refractivity contribution < 1.29 is 9.85 Å². The second-order valence-electron chi connectivity index (χ2n) is 4.06. The highest BCUT2D eigenvalue weighted by molar-refractivity contribution is 14.1. The first-order valence-electron chi connectivity index (χ1n) is 5.48. The molecule has 0 aromatic carbocycles. The molecule has 1 aliphatic heterocycles. The Balaban J connectivity index is 2.20. The summed E-state index contributed by atoms with van der Waals surface area (Å²) < 4.78 is 3.30. The number of hydrogen-bond acceptors (Lipinski definition) is 7. The number of nitrogens with one attached hydrogen (secondary N) is 1. The molecule has 0 spiro atoms. The van der Waals surface area contributed by atoms with Gasteiger partial charge >= 0.3 is 11.4 Å². The molecule has 0 bridgehead atoms. The highest BCUT2D eigenvalue weighted by Crippen LogP contribution is 2.38. The first kappa shape index (κ1) is 14.4. The largest absolute Gasteiger partial charge is 0.344 e. The zero-order valence-corrected chi connectivity index (χ0v) is 14.3. The summed E-state index contributed by atoms with van der Waals surface area (Å²) in [6, 6.07) is 0. The second-order valence-corrected chi connectivity index (χ2v) is 6.11. The average molecular weight is 517 g/mol. The van der Waals surface area contributed by atoms with Crippen molar-refractivity contribution in [2.24, 2.45) is 0 Å². The van der Waals surface area contributed by atoms with E-state index in [2.05, 4.69) is 15.5 Å². The highest BCUT2D eigenvalue weighted by Gasteiger charge is 2.34. The molecule has 13 heteroatoms. The average Bonchev–Trinajstić information content (AvgIpc) is 2.80. The molecule has 11 nitrogen and oxygen atoms in total. The Morgan fingerprint density at radius 2 is 1.33 bits per heavy atom. The summed E-state index contributed by atoms with van der Waals surface area (Å²) in [7, 11) is 0. The third kappa shape index (κ3) is 2.23. The van der Waals surface area contributed by atoms with Crippen LogP contribution in [0.3, 0.4) is 0 Å². The number of aromatic nitrogens is 4. The molecule has 3 rings (SSSR count). The minimum atomic E-state index is -0.559. The van der Waals surface area contributed by atoms with Crippen molar-refractivity contribution in [2.75, 3.05) is 5.32 Å². The van der Waals surface area contributed by atoms with Crippen LogP contribution in [0.1, 0.15) is 0 Å². The van der Waals surface area contributed by atoms with Crippen molar-refractivity contribution in [3.05, 3.63) is 27.6 Å². The minimum Gasteiger partial charge on any atom is -0.314 e. The van der Waals surface area contributed by atoms with Gasteiger partial charge in [-0.05, 0) is 45.2 Å². The van der Waals surface area contributed by atoms with E-state index in [1.54, 1.807) is 45.2 Å². The quantitative estimate of drug-likeness (QED) is 0.366. The zero-order chi connectivity index (χ0) is 15.3. The van der Waals surface area contributed by atoms with E-state index in [0.29, 0.717) is 13.1 Å². The van der Waals surface area contributed by atoms with Crippen LogP contribution in [0.2, 0.25) is 0 Å². The fraction of sp³-hybridized carbons (Fsp3) is 0.250. The lowest BCUT2D eigenvalue weighted by Crippen LogP contribution is -2.07. The number of aryl methyl sites for hydroxylation is 2. The summed E-state index contributed by atoms with van der Waals surface area (Å²) in [5.74, 6) is 0.255. The van der Waals surface area contributed by atoms with Gasteiger partial charge in [0.15, 0.2) is 0 Å². The van der Waals surface area contributed by atoms with Gasteiger partial charge in [0.1, 0.15) is 0 Å². The molecule has 1 aliphatic rings. The van der Waals surface area contributed by atoms with Crippen molar-refractivity contribution in [1.82, 2.24) is 19.6 Å². The Labute approximate surface area is 143 Å². The summed E-state index contributed by atoms with van der Waals surface area (Å²) in [6.07, 6.45) is 0. The van der Waals surface area contributed by atoms with E-state index in [9.17, 15) is 20.2 Å². The van der Waals surface area contributed by atoms with Crippen LogP contribution in [0.4, 0.5) is 23.0 Å². The van der Waals surface area contributed by atoms with E-state index < -0.39 is 9.85 Å². The van der Waals surface area contributed by atoms with Crippen LogP contribution in [0.5, 0.6) is 0 Å². The van der Waals surface area contributed by atoms with Gasteiger partial charge in [0.25, 0.3) is 0 Å². The van der Waals surface area contributed by atoms with Gasteiger partial charge in [-0.15, -0.1) is 0 Å². The van der Waals surface area contributed by atoms with Crippen LogP contribution in [-0.2, 0) is 13.1 Å². The topological polar surface area (TPSA) is 134 Å². The number of nitro groups is 2. The Kier molecular flexibility index (Phi) is 3.46. The Hall–Kier alpha value is -1.52. The van der Waals surface area contributed by atoms with Crippen LogP contribution in [0, 0.1) is 27.6 Å². The lowest BCUT2D eigenvalue weighted by atomic mass is 10.4. The van der Waals surface area contributed by atoms with Gasteiger partial charge in [-0.2, -0.15) is 10.2 Å². The lowest BCUT2D eigenvalue weighted by molar-refractivity contribution is -0.385. The van der Waals surface area contributed by atoms with Gasteiger partial charge < -0.3 is 5.32 Å². The van der Waals surface area contributed by atoms with Gasteiger partial charge in [-0.1, -0.05) is 0 Å². The van der Waals surface area contributed by atoms with Crippen molar-refractivity contribution in [2.45, 2.75) is 13.1 Å². The molecular weight excluding hydrogens is 512 g/mol. The van der Waals surface area contributed by atoms with E-state index >= 15 is 0 Å². The molecule has 0 unspecified atom stereocenters. The van der Waals surface area contributed by atoms with Crippen molar-refractivity contribution >= 4 is 68.2 Å². The highest BCUT2D eigenvalue weighted by atomic mass is 127. The molecule has 1 N–H and O–H groups in total. The number of fused-ring (bicyclic) bond motifs is 2. The normalized spacial score (nSPS) is 13.0. The summed E-state index contributed by atoms with van der Waals surface area (Å²) in [6.45, 7) is 0.655. The Bertz CT molecular complexity index is 718. The number of halogens is 2. The maximum absolute atomic E-state index is 11.2. The first-order chi connectivity index (χ1) is 9.90. The molecule has 110 valence electrons. The van der Waals surface area contributed by atoms with Crippen LogP contribution in [0.15, 0.2) is 0 Å². The van der Waals surface area contributed by atoms with Crippen LogP contribution >= 0.6 is 45.2 Å². The smallest absolute Gasteiger partial charge is 0.314 e. The molecule has 3 heterocycles. The van der Waals surface area contributed by atoms with E-state index in [1.165, 1.54) is 9.36 Å². The van der Waals surface area contributed by atoms with E-state index in [0.717, 1.165) is 0 Å². The first-order valence-corrected chi connectivity index (χ1v) is 7.64. The molecule has 0 fully saturated rings. The molecule has 0 amide bonds. The van der Waals surface area contributed by atoms with Gasteiger partial charge in [-0.25, -0.2) is 9.36 Å². The van der Waals surface area contributed by atoms with Crippen LogP contribution in [-0.4, -0.2) is 29.4 Å². The monoisotopic (exact) mass is 517 g/mol. The lowest BCUT2D eigenvalue weighted by Gasteiger charge is -2.02. The molecule has 0 atom stereocenters. The third-order valence-corrected chi connectivity index (χ3v) is 4.35. The summed E-state index contributed by atoms with van der Waals surface area (Å²) >= 11 is 3.53. The Morgan fingerprint density at radius 3 is 1.67 bits per heavy atom. The fourth-order valence-corrected chi connectivity index (χ4v) is 3.47. The van der Waals surface area contributed by atoms with E-state index in [4.69, 9.17) is 0 Å². The van der Waals surface area contributed by atoms with Crippen LogP contribution < -0.4 is 5.32 Å². The fourth-order valence-electron chi connectivity index (χ4n) is 2.04. The molecule has 0 aliphatic carbocycles. The zero-order valence-electron chi connectivity index (χ0n) is 9.99. The number of hydrogen-bond donors (Lipinski definition) is 1. The van der Waals surface area contributed by atoms with Crippen molar-refractivity contribution in [3.8, 4) is 0 Å². The third-order valence-electron chi connectivity index (χ3n) is 2.90. The molecule has 2 aromatic rings. The standard InChI is InChI=1S/C8H5I2N7O4/c9-5-3(16(18)19)7-11-8-4(17(20)21)6(10)13-15(8)2-1-14(7)12-5/h11H,1-2H2. The molecule has 0 radical (unpaired) electrons. The van der Waals surface area contributed by atoms with E-state index in [1.807, 2.05) is 0 Å². The van der Waals surface area contributed by atoms with Crippen LogP contribution in [0.25, 0.3) is 0 Å². The molecule has 0 saturated heterocycles. The van der Waals surface area contributed by atoms with Gasteiger partial charge in [0, 0.05) is 0 Å². The number of nitrogens with zero attached hydrogens (tertiary/aromatic N) is 6. The summed E-state index contributed by atoms with van der Waals surface area (Å²) in [5.41, 5.74) is -0.399. The molecule has 21 heavy (non-hydrogen) atoms. The second kappa shape index (κ2) is 5.04. The van der Waals surface area contributed by atoms with Gasteiger partial charge in [0.05, 0.1) is 22.9 Å². The number of anilines is 2. The summed E-state index contributed by atoms with van der Waals surface area (Å²) in [4.78, 5) is 21.2. The van der Waals surface area contributed by atoms with E-state index in [-0.39, 0.29) is 30.4 Å². The molecule has 2 aromatic heterocycles. The SMILES string of the molecule is O=[N+]([O-])c1c(I)nn2c1Nc1c([N+](=O)[O-])c(I)nn1CC2. The molecular formula is C8H5I2N7O4. The maximum atomic E-state index is 11.2.